The lowest BCUT2D eigenvalue weighted by atomic mass is 10.1. The van der Waals surface area contributed by atoms with Crippen LogP contribution in [0.3, 0.4) is 0 Å². The van der Waals surface area contributed by atoms with Gasteiger partial charge in [-0.3, -0.25) is 9.78 Å². The van der Waals surface area contributed by atoms with Crippen molar-refractivity contribution in [3.05, 3.63) is 58.9 Å². The van der Waals surface area contributed by atoms with E-state index in [1.807, 2.05) is 51.1 Å². The average Bonchev–Trinajstić information content (AvgIpc) is 2.89. The van der Waals surface area contributed by atoms with E-state index in [9.17, 15) is 4.79 Å². The molecule has 1 aromatic carbocycles. The molecule has 5 heteroatoms. The van der Waals surface area contributed by atoms with Crippen LogP contribution < -0.4 is 0 Å². The van der Waals surface area contributed by atoms with Gasteiger partial charge < -0.3 is 0 Å². The number of aryl methyl sites for hydroxylation is 2. The molecule has 0 aliphatic heterocycles. The molecule has 23 heavy (non-hydrogen) atoms. The Morgan fingerprint density at radius 1 is 1.00 bits per heavy atom. The Kier molecular flexibility index (Phi) is 3.78. The van der Waals surface area contributed by atoms with Crippen molar-refractivity contribution in [2.75, 3.05) is 0 Å². The molecule has 2 heterocycles. The number of hydrogen-bond acceptors (Lipinski definition) is 4. The summed E-state index contributed by atoms with van der Waals surface area (Å²) < 4.78 is 1.80. The lowest BCUT2D eigenvalue weighted by Gasteiger charge is -2.06. The van der Waals surface area contributed by atoms with Gasteiger partial charge in [0.05, 0.1) is 17.1 Å². The maximum absolute atomic E-state index is 11.5. The van der Waals surface area contributed by atoms with Gasteiger partial charge in [-0.1, -0.05) is 22.9 Å². The number of pyridine rings is 1. The van der Waals surface area contributed by atoms with E-state index >= 15 is 0 Å². The van der Waals surface area contributed by atoms with Crippen molar-refractivity contribution >= 4 is 5.78 Å². The summed E-state index contributed by atoms with van der Waals surface area (Å²) in [5.74, 6) is 0.0154. The van der Waals surface area contributed by atoms with Crippen molar-refractivity contribution in [2.24, 2.45) is 0 Å². The molecular formula is C18H18N4O. The highest BCUT2D eigenvalue weighted by molar-refractivity contribution is 5.95. The zero-order valence-electron chi connectivity index (χ0n) is 13.7. The van der Waals surface area contributed by atoms with E-state index in [0.717, 1.165) is 22.8 Å². The molecule has 0 bridgehead atoms. The van der Waals surface area contributed by atoms with Crippen molar-refractivity contribution in [3.63, 3.8) is 0 Å². The molecule has 116 valence electrons. The maximum Gasteiger partial charge on any atom is 0.161 e. The molecule has 0 unspecified atom stereocenters. The van der Waals surface area contributed by atoms with Crippen LogP contribution in [0.15, 0.2) is 36.4 Å². The smallest absolute Gasteiger partial charge is 0.161 e. The summed E-state index contributed by atoms with van der Waals surface area (Å²) in [5.41, 5.74) is 5.87. The number of aromatic nitrogens is 4. The predicted octanol–water partition coefficient (Wildman–Crippen LogP) is 3.46. The molecule has 0 saturated carbocycles. The van der Waals surface area contributed by atoms with E-state index in [1.165, 1.54) is 5.56 Å². The average molecular weight is 306 g/mol. The summed E-state index contributed by atoms with van der Waals surface area (Å²) in [6, 6.07) is 11.7. The fraction of sp³-hybridized carbons (Fsp3) is 0.222. The lowest BCUT2D eigenvalue weighted by molar-refractivity contribution is 0.101. The Hall–Kier alpha value is -2.82. The van der Waals surface area contributed by atoms with Crippen LogP contribution in [0.4, 0.5) is 0 Å². The number of ketones is 1. The Morgan fingerprint density at radius 3 is 2.30 bits per heavy atom. The lowest BCUT2D eigenvalue weighted by Crippen LogP contribution is -2.01. The van der Waals surface area contributed by atoms with E-state index < -0.39 is 0 Å². The number of Topliss-reactive ketones (excluding diaryl/α,β-unsaturated/α-hetero) is 1. The van der Waals surface area contributed by atoms with Crippen molar-refractivity contribution < 1.29 is 4.79 Å². The SMILES string of the molecule is CC(=O)c1ccc(-c2nnn(-c3ccc(C)cc3)c2C)nc1C. The van der Waals surface area contributed by atoms with E-state index in [2.05, 4.69) is 15.3 Å². The van der Waals surface area contributed by atoms with Crippen molar-refractivity contribution in [3.8, 4) is 17.1 Å². The Bertz CT molecular complexity index is 879. The second kappa shape index (κ2) is 5.76. The highest BCUT2D eigenvalue weighted by atomic mass is 16.1. The normalized spacial score (nSPS) is 10.8. The molecule has 3 aromatic rings. The maximum atomic E-state index is 11.5. The van der Waals surface area contributed by atoms with Crippen LogP contribution in [0.25, 0.3) is 17.1 Å². The quantitative estimate of drug-likeness (QED) is 0.695. The van der Waals surface area contributed by atoms with Crippen molar-refractivity contribution in [1.82, 2.24) is 20.0 Å². The number of carbonyl (C=O) groups is 1. The van der Waals surface area contributed by atoms with Gasteiger partial charge in [0, 0.05) is 11.3 Å². The second-order valence-electron chi connectivity index (χ2n) is 5.66. The van der Waals surface area contributed by atoms with Gasteiger partial charge in [-0.05, 0) is 52.0 Å². The van der Waals surface area contributed by atoms with Gasteiger partial charge in [-0.15, -0.1) is 5.10 Å². The summed E-state index contributed by atoms with van der Waals surface area (Å²) in [6.45, 7) is 7.39. The Morgan fingerprint density at radius 2 is 1.70 bits per heavy atom. The third kappa shape index (κ3) is 2.77. The van der Waals surface area contributed by atoms with Crippen LogP contribution in [-0.2, 0) is 0 Å². The van der Waals surface area contributed by atoms with Crippen molar-refractivity contribution in [2.45, 2.75) is 27.7 Å². The van der Waals surface area contributed by atoms with Crippen LogP contribution in [0.2, 0.25) is 0 Å². The number of carbonyl (C=O) groups excluding carboxylic acids is 1. The van der Waals surface area contributed by atoms with Gasteiger partial charge in [0.25, 0.3) is 0 Å². The van der Waals surface area contributed by atoms with Gasteiger partial charge >= 0.3 is 0 Å². The van der Waals surface area contributed by atoms with Gasteiger partial charge in [0.15, 0.2) is 5.78 Å². The molecule has 0 N–H and O–H groups in total. The topological polar surface area (TPSA) is 60.7 Å². The summed E-state index contributed by atoms with van der Waals surface area (Å²) in [5, 5.41) is 8.50. The highest BCUT2D eigenvalue weighted by Gasteiger charge is 2.15. The molecule has 5 nitrogen and oxygen atoms in total. The third-order valence-corrected chi connectivity index (χ3v) is 3.88. The van der Waals surface area contributed by atoms with E-state index in [-0.39, 0.29) is 5.78 Å². The first-order valence-electron chi connectivity index (χ1n) is 7.45. The number of hydrogen-bond donors (Lipinski definition) is 0. The second-order valence-corrected chi connectivity index (χ2v) is 5.66. The molecule has 0 atom stereocenters. The van der Waals surface area contributed by atoms with Gasteiger partial charge in [0.1, 0.15) is 5.69 Å². The van der Waals surface area contributed by atoms with E-state index in [0.29, 0.717) is 11.3 Å². The zero-order chi connectivity index (χ0) is 16.6. The summed E-state index contributed by atoms with van der Waals surface area (Å²) >= 11 is 0. The molecule has 0 aliphatic carbocycles. The molecule has 3 rings (SSSR count). The molecule has 0 amide bonds. The number of nitrogens with zero attached hydrogens (tertiary/aromatic N) is 4. The number of benzene rings is 1. The fourth-order valence-corrected chi connectivity index (χ4v) is 2.56. The summed E-state index contributed by atoms with van der Waals surface area (Å²) in [7, 11) is 0. The predicted molar refractivity (Wildman–Crippen MR) is 88.8 cm³/mol. The first-order chi connectivity index (χ1) is 11.0. The number of rotatable bonds is 3. The minimum absolute atomic E-state index is 0.0154. The van der Waals surface area contributed by atoms with E-state index in [4.69, 9.17) is 0 Å². The minimum Gasteiger partial charge on any atom is -0.294 e. The van der Waals surface area contributed by atoms with Crippen molar-refractivity contribution in [1.29, 1.82) is 0 Å². The molecule has 0 saturated heterocycles. The van der Waals surface area contributed by atoms with E-state index in [1.54, 1.807) is 17.7 Å². The molecule has 2 aromatic heterocycles. The standard InChI is InChI=1S/C18H18N4O/c1-11-5-7-15(8-6-11)22-13(3)18(20-21-22)17-10-9-16(14(4)23)12(2)19-17/h5-10H,1-4H3. The van der Waals surface area contributed by atoms with Crippen LogP contribution >= 0.6 is 0 Å². The molecule has 0 spiro atoms. The Balaban J connectivity index is 2.04. The monoisotopic (exact) mass is 306 g/mol. The molecular weight excluding hydrogens is 288 g/mol. The van der Waals surface area contributed by atoms with Crippen LogP contribution in [0.5, 0.6) is 0 Å². The largest absolute Gasteiger partial charge is 0.294 e. The first-order valence-corrected chi connectivity index (χ1v) is 7.45. The van der Waals surface area contributed by atoms with Gasteiger partial charge in [-0.2, -0.15) is 0 Å². The Labute approximate surface area is 135 Å². The van der Waals surface area contributed by atoms with Gasteiger partial charge in [-0.25, -0.2) is 4.68 Å². The molecule has 0 radical (unpaired) electrons. The first kappa shape index (κ1) is 15.1. The molecule has 0 aliphatic rings. The van der Waals surface area contributed by atoms with Gasteiger partial charge in [0.2, 0.25) is 0 Å². The highest BCUT2D eigenvalue weighted by Crippen LogP contribution is 2.22. The van der Waals surface area contributed by atoms with Crippen LogP contribution in [-0.4, -0.2) is 25.8 Å². The van der Waals surface area contributed by atoms with Crippen LogP contribution in [0.1, 0.15) is 34.2 Å². The summed E-state index contributed by atoms with van der Waals surface area (Å²) in [6.07, 6.45) is 0. The summed E-state index contributed by atoms with van der Waals surface area (Å²) in [4.78, 5) is 16.0. The van der Waals surface area contributed by atoms with Crippen LogP contribution in [0, 0.1) is 20.8 Å². The minimum atomic E-state index is 0.0154. The zero-order valence-corrected chi connectivity index (χ0v) is 13.7. The molecule has 0 fully saturated rings. The fourth-order valence-electron chi connectivity index (χ4n) is 2.56. The third-order valence-electron chi connectivity index (χ3n) is 3.88.